The minimum absolute atomic E-state index is 0.0280. The van der Waals surface area contributed by atoms with Gasteiger partial charge in [-0.25, -0.2) is 0 Å². The van der Waals surface area contributed by atoms with Crippen molar-refractivity contribution in [3.8, 4) is 0 Å². The number of halogens is 2. The van der Waals surface area contributed by atoms with Crippen LogP contribution >= 0.6 is 23.2 Å². The molecule has 0 atom stereocenters. The molecule has 2 amide bonds. The number of carbonyl (C=O) groups is 2. The normalized spacial score (nSPS) is 10.0. The van der Waals surface area contributed by atoms with Gasteiger partial charge in [-0.15, -0.1) is 23.2 Å². The van der Waals surface area contributed by atoms with Crippen molar-refractivity contribution in [3.05, 3.63) is 0 Å². The molecule has 0 aromatic carbocycles. The van der Waals surface area contributed by atoms with Gasteiger partial charge in [0.25, 0.3) is 0 Å². The molecule has 0 aromatic rings. The Morgan fingerprint density at radius 1 is 0.706 bits per heavy atom. The topological polar surface area (TPSA) is 58.2 Å². The van der Waals surface area contributed by atoms with Gasteiger partial charge in [-0.3, -0.25) is 9.59 Å². The third-order valence-corrected chi connectivity index (χ3v) is 2.73. The molecule has 4 nitrogen and oxygen atoms in total. The van der Waals surface area contributed by atoms with Crippen molar-refractivity contribution in [1.82, 2.24) is 10.6 Å². The predicted molar refractivity (Wildman–Crippen MR) is 70.5 cm³/mol. The van der Waals surface area contributed by atoms with Crippen molar-refractivity contribution in [1.29, 1.82) is 0 Å². The smallest absolute Gasteiger partial charge is 0.234 e. The van der Waals surface area contributed by atoms with Crippen LogP contribution in [0.5, 0.6) is 0 Å². The lowest BCUT2D eigenvalue weighted by molar-refractivity contribution is -0.119. The predicted octanol–water partition coefficient (Wildman–Crippen LogP) is 1.65. The van der Waals surface area contributed by atoms with Gasteiger partial charge in [-0.1, -0.05) is 19.3 Å². The van der Waals surface area contributed by atoms with Crippen LogP contribution in [-0.2, 0) is 9.59 Å². The van der Waals surface area contributed by atoms with E-state index >= 15 is 0 Å². The Morgan fingerprint density at radius 3 is 1.41 bits per heavy atom. The van der Waals surface area contributed by atoms with Crippen molar-refractivity contribution in [3.63, 3.8) is 0 Å². The largest absolute Gasteiger partial charge is 0.355 e. The fraction of sp³-hybridized carbons (Fsp3) is 0.818. The minimum Gasteiger partial charge on any atom is -0.355 e. The molecule has 17 heavy (non-hydrogen) atoms. The third-order valence-electron chi connectivity index (χ3n) is 2.24. The fourth-order valence-corrected chi connectivity index (χ4v) is 1.52. The van der Waals surface area contributed by atoms with E-state index in [4.69, 9.17) is 23.2 Å². The molecule has 0 spiro atoms. The fourth-order valence-electron chi connectivity index (χ4n) is 1.33. The van der Waals surface area contributed by atoms with Crippen molar-refractivity contribution in [2.45, 2.75) is 32.1 Å². The molecule has 6 heteroatoms. The number of hydrogen-bond acceptors (Lipinski definition) is 2. The summed E-state index contributed by atoms with van der Waals surface area (Å²) in [4.78, 5) is 21.6. The monoisotopic (exact) mass is 282 g/mol. The van der Waals surface area contributed by atoms with Gasteiger partial charge < -0.3 is 10.6 Å². The first-order valence-electron chi connectivity index (χ1n) is 5.86. The molecule has 0 aliphatic heterocycles. The minimum atomic E-state index is -0.115. The molecule has 100 valence electrons. The van der Waals surface area contributed by atoms with E-state index in [0.29, 0.717) is 13.1 Å². The molecular weight excluding hydrogens is 263 g/mol. The lowest BCUT2D eigenvalue weighted by Crippen LogP contribution is -2.25. The van der Waals surface area contributed by atoms with Gasteiger partial charge in [0, 0.05) is 13.1 Å². The van der Waals surface area contributed by atoms with Gasteiger partial charge in [-0.05, 0) is 12.8 Å². The lowest BCUT2D eigenvalue weighted by Gasteiger charge is -2.04. The van der Waals surface area contributed by atoms with Crippen LogP contribution in [0.25, 0.3) is 0 Å². The SMILES string of the molecule is O=C(CCl)NCCCCCCCNC(=O)CCl. The number of unbranched alkanes of at least 4 members (excludes halogenated alkanes) is 4. The zero-order chi connectivity index (χ0) is 12.9. The van der Waals surface area contributed by atoms with E-state index in [1.165, 1.54) is 0 Å². The van der Waals surface area contributed by atoms with Crippen LogP contribution in [0.3, 0.4) is 0 Å². The van der Waals surface area contributed by atoms with Crippen LogP contribution in [-0.4, -0.2) is 36.7 Å². The van der Waals surface area contributed by atoms with E-state index in [-0.39, 0.29) is 23.6 Å². The van der Waals surface area contributed by atoms with Gasteiger partial charge in [0.15, 0.2) is 0 Å². The highest BCUT2D eigenvalue weighted by molar-refractivity contribution is 6.27. The first-order chi connectivity index (χ1) is 8.20. The quantitative estimate of drug-likeness (QED) is 0.473. The number of amides is 2. The maximum Gasteiger partial charge on any atom is 0.234 e. The molecular formula is C11H20Cl2N2O2. The zero-order valence-electron chi connectivity index (χ0n) is 9.94. The molecule has 0 aromatic heterocycles. The van der Waals surface area contributed by atoms with E-state index in [9.17, 15) is 9.59 Å². The second kappa shape index (κ2) is 12.0. The van der Waals surface area contributed by atoms with Crippen molar-refractivity contribution >= 4 is 35.0 Å². The van der Waals surface area contributed by atoms with Gasteiger partial charge in [0.2, 0.25) is 11.8 Å². The molecule has 0 radical (unpaired) electrons. The summed E-state index contributed by atoms with van der Waals surface area (Å²) in [6.07, 6.45) is 5.19. The maximum atomic E-state index is 10.8. The van der Waals surface area contributed by atoms with E-state index in [0.717, 1.165) is 32.1 Å². The third kappa shape index (κ3) is 11.8. The Labute approximate surface area is 112 Å². The van der Waals surface area contributed by atoms with Crippen molar-refractivity contribution in [2.24, 2.45) is 0 Å². The van der Waals surface area contributed by atoms with Crippen LogP contribution < -0.4 is 10.6 Å². The van der Waals surface area contributed by atoms with Crippen LogP contribution in [0.15, 0.2) is 0 Å². The van der Waals surface area contributed by atoms with Gasteiger partial charge in [-0.2, -0.15) is 0 Å². The molecule has 0 aliphatic rings. The van der Waals surface area contributed by atoms with Crippen LogP contribution in [0.4, 0.5) is 0 Å². The molecule has 0 fully saturated rings. The van der Waals surface area contributed by atoms with Gasteiger partial charge in [0.05, 0.1) is 0 Å². The molecule has 0 aliphatic carbocycles. The highest BCUT2D eigenvalue weighted by atomic mass is 35.5. The molecule has 0 saturated carbocycles. The Hall–Kier alpha value is -0.480. The number of nitrogens with one attached hydrogen (secondary N) is 2. The van der Waals surface area contributed by atoms with E-state index < -0.39 is 0 Å². The van der Waals surface area contributed by atoms with E-state index in [1.807, 2.05) is 0 Å². The van der Waals surface area contributed by atoms with Gasteiger partial charge >= 0.3 is 0 Å². The molecule has 0 rings (SSSR count). The molecule has 0 unspecified atom stereocenters. The molecule has 0 saturated heterocycles. The summed E-state index contributed by atoms with van der Waals surface area (Å²) in [5, 5.41) is 5.43. The average Bonchev–Trinajstić information content (AvgIpc) is 2.35. The van der Waals surface area contributed by atoms with Crippen LogP contribution in [0.2, 0.25) is 0 Å². The van der Waals surface area contributed by atoms with E-state index in [1.54, 1.807) is 0 Å². The van der Waals surface area contributed by atoms with Crippen molar-refractivity contribution in [2.75, 3.05) is 24.8 Å². The number of hydrogen-bond donors (Lipinski definition) is 2. The first kappa shape index (κ1) is 16.5. The molecule has 0 bridgehead atoms. The number of alkyl halides is 2. The van der Waals surface area contributed by atoms with Crippen LogP contribution in [0.1, 0.15) is 32.1 Å². The Bertz CT molecular complexity index is 204. The average molecular weight is 283 g/mol. The highest BCUT2D eigenvalue weighted by Gasteiger charge is 1.98. The summed E-state index contributed by atoms with van der Waals surface area (Å²) in [7, 11) is 0. The Kier molecular flexibility index (Phi) is 11.7. The lowest BCUT2D eigenvalue weighted by atomic mass is 10.1. The summed E-state index contributed by atoms with van der Waals surface area (Å²) in [6.45, 7) is 1.38. The summed E-state index contributed by atoms with van der Waals surface area (Å²) in [5.41, 5.74) is 0. The molecule has 2 N–H and O–H groups in total. The van der Waals surface area contributed by atoms with Crippen molar-refractivity contribution < 1.29 is 9.59 Å². The highest BCUT2D eigenvalue weighted by Crippen LogP contribution is 2.01. The second-order valence-electron chi connectivity index (χ2n) is 3.73. The number of rotatable bonds is 10. The van der Waals surface area contributed by atoms with Gasteiger partial charge in [0.1, 0.15) is 11.8 Å². The summed E-state index contributed by atoms with van der Waals surface area (Å²) in [5.74, 6) is -0.175. The standard InChI is InChI=1S/C11H20Cl2N2O2/c12-8-10(16)14-6-4-2-1-3-5-7-15-11(17)9-13/h1-9H2,(H,14,16)(H,15,17). The number of carbonyl (C=O) groups excluding carboxylic acids is 2. The Morgan fingerprint density at radius 2 is 1.06 bits per heavy atom. The second-order valence-corrected chi connectivity index (χ2v) is 4.27. The summed E-state index contributed by atoms with van der Waals surface area (Å²) < 4.78 is 0. The van der Waals surface area contributed by atoms with E-state index in [2.05, 4.69) is 10.6 Å². The van der Waals surface area contributed by atoms with Crippen LogP contribution in [0, 0.1) is 0 Å². The first-order valence-corrected chi connectivity index (χ1v) is 6.93. The zero-order valence-corrected chi connectivity index (χ0v) is 11.4. The Balaban J connectivity index is 3.08. The summed E-state index contributed by atoms with van der Waals surface area (Å²) >= 11 is 10.7. The maximum absolute atomic E-state index is 10.8. The summed E-state index contributed by atoms with van der Waals surface area (Å²) in [6, 6.07) is 0. The molecule has 0 heterocycles.